The van der Waals surface area contributed by atoms with Gasteiger partial charge in [-0.1, -0.05) is 26.2 Å². The van der Waals surface area contributed by atoms with Crippen LogP contribution in [0, 0.1) is 5.92 Å². The lowest BCUT2D eigenvalue weighted by Crippen LogP contribution is -2.50. The van der Waals surface area contributed by atoms with Gasteiger partial charge < -0.3 is 21.3 Å². The van der Waals surface area contributed by atoms with Crippen molar-refractivity contribution in [2.45, 2.75) is 70.4 Å². The molecule has 7 heteroatoms. The first-order valence-electron chi connectivity index (χ1n) is 9.19. The van der Waals surface area contributed by atoms with E-state index in [2.05, 4.69) is 28.2 Å². The standard InChI is InChI=1S/C17H32N4O2.ClH/c1-13-9-11-18-12-15(13)21-16(22)8-5-10-19-17(23)20-14-6-3-2-4-7-14;/h13-15,18H,2-12H2,1H3,(H,21,22)(H2,19,20,23);1H. The highest BCUT2D eigenvalue weighted by Crippen LogP contribution is 2.17. The van der Waals surface area contributed by atoms with E-state index in [0.717, 1.165) is 32.4 Å². The predicted molar refractivity (Wildman–Crippen MR) is 98.5 cm³/mol. The van der Waals surface area contributed by atoms with E-state index in [1.54, 1.807) is 0 Å². The van der Waals surface area contributed by atoms with Crippen LogP contribution in [0.15, 0.2) is 0 Å². The summed E-state index contributed by atoms with van der Waals surface area (Å²) >= 11 is 0. The summed E-state index contributed by atoms with van der Waals surface area (Å²) in [6, 6.07) is 0.466. The van der Waals surface area contributed by atoms with Crippen molar-refractivity contribution in [3.05, 3.63) is 0 Å². The monoisotopic (exact) mass is 360 g/mol. The highest BCUT2D eigenvalue weighted by molar-refractivity contribution is 5.85. The molecule has 0 aromatic rings. The zero-order valence-electron chi connectivity index (χ0n) is 14.7. The lowest BCUT2D eigenvalue weighted by Gasteiger charge is -2.30. The first-order chi connectivity index (χ1) is 11.1. The van der Waals surface area contributed by atoms with Gasteiger partial charge in [-0.2, -0.15) is 0 Å². The molecule has 6 nitrogen and oxygen atoms in total. The van der Waals surface area contributed by atoms with Crippen LogP contribution < -0.4 is 21.3 Å². The van der Waals surface area contributed by atoms with Crippen LogP contribution in [0.1, 0.15) is 58.3 Å². The number of piperidine rings is 1. The molecule has 4 N–H and O–H groups in total. The number of hydrogen-bond donors (Lipinski definition) is 4. The molecular formula is C17H33ClN4O2. The smallest absolute Gasteiger partial charge is 0.315 e. The molecule has 2 atom stereocenters. The van der Waals surface area contributed by atoms with Crippen molar-refractivity contribution in [3.8, 4) is 0 Å². The number of carbonyl (C=O) groups is 2. The summed E-state index contributed by atoms with van der Waals surface area (Å²) in [6.07, 6.45) is 8.12. The van der Waals surface area contributed by atoms with Gasteiger partial charge in [0.1, 0.15) is 0 Å². The van der Waals surface area contributed by atoms with Crippen molar-refractivity contribution in [2.75, 3.05) is 19.6 Å². The minimum Gasteiger partial charge on any atom is -0.352 e. The molecule has 0 radical (unpaired) electrons. The van der Waals surface area contributed by atoms with Crippen molar-refractivity contribution in [2.24, 2.45) is 5.92 Å². The Labute approximate surface area is 151 Å². The van der Waals surface area contributed by atoms with Crippen LogP contribution in [-0.2, 0) is 4.79 Å². The molecule has 1 aliphatic heterocycles. The molecule has 0 aromatic heterocycles. The Morgan fingerprint density at radius 1 is 1.08 bits per heavy atom. The second-order valence-corrected chi connectivity index (χ2v) is 6.98. The van der Waals surface area contributed by atoms with Gasteiger partial charge in [0.05, 0.1) is 0 Å². The molecule has 2 rings (SSSR count). The molecule has 2 aliphatic rings. The Morgan fingerprint density at radius 3 is 2.54 bits per heavy atom. The van der Waals surface area contributed by atoms with E-state index < -0.39 is 0 Å². The largest absolute Gasteiger partial charge is 0.352 e. The summed E-state index contributed by atoms with van der Waals surface area (Å²) in [4.78, 5) is 23.7. The lowest BCUT2D eigenvalue weighted by atomic mass is 9.95. The molecular weight excluding hydrogens is 328 g/mol. The fourth-order valence-electron chi connectivity index (χ4n) is 3.40. The van der Waals surface area contributed by atoms with E-state index in [-0.39, 0.29) is 30.4 Å². The molecule has 140 valence electrons. The molecule has 0 spiro atoms. The van der Waals surface area contributed by atoms with E-state index in [1.165, 1.54) is 19.3 Å². The Morgan fingerprint density at radius 2 is 1.83 bits per heavy atom. The second kappa shape index (κ2) is 11.5. The summed E-state index contributed by atoms with van der Waals surface area (Å²) in [6.45, 7) is 4.62. The number of urea groups is 1. The van der Waals surface area contributed by atoms with Crippen molar-refractivity contribution in [3.63, 3.8) is 0 Å². The van der Waals surface area contributed by atoms with E-state index >= 15 is 0 Å². The highest BCUT2D eigenvalue weighted by Gasteiger charge is 2.22. The van der Waals surface area contributed by atoms with E-state index in [1.807, 2.05) is 0 Å². The van der Waals surface area contributed by atoms with Gasteiger partial charge in [0.2, 0.25) is 5.91 Å². The predicted octanol–water partition coefficient (Wildman–Crippen LogP) is 1.93. The van der Waals surface area contributed by atoms with Gasteiger partial charge in [0.15, 0.2) is 0 Å². The molecule has 1 saturated heterocycles. The average molecular weight is 361 g/mol. The fraction of sp³-hybridized carbons (Fsp3) is 0.882. The van der Waals surface area contributed by atoms with E-state index in [9.17, 15) is 9.59 Å². The van der Waals surface area contributed by atoms with Crippen molar-refractivity contribution < 1.29 is 9.59 Å². The average Bonchev–Trinajstić information content (AvgIpc) is 2.55. The zero-order chi connectivity index (χ0) is 16.5. The van der Waals surface area contributed by atoms with Crippen molar-refractivity contribution >= 4 is 24.3 Å². The molecule has 1 aliphatic carbocycles. The number of halogens is 1. The molecule has 0 aromatic carbocycles. The number of rotatable bonds is 6. The summed E-state index contributed by atoms with van der Waals surface area (Å²) in [7, 11) is 0. The third kappa shape index (κ3) is 7.71. The fourth-order valence-corrected chi connectivity index (χ4v) is 3.40. The van der Waals surface area contributed by atoms with Gasteiger partial charge in [0, 0.05) is 31.6 Å². The zero-order valence-corrected chi connectivity index (χ0v) is 15.6. The first kappa shape index (κ1) is 21.0. The van der Waals surface area contributed by atoms with Crippen LogP contribution in [0.2, 0.25) is 0 Å². The number of amides is 3. The Balaban J connectivity index is 0.00000288. The van der Waals surface area contributed by atoms with Gasteiger partial charge in [0.25, 0.3) is 0 Å². The lowest BCUT2D eigenvalue weighted by molar-refractivity contribution is -0.122. The summed E-state index contributed by atoms with van der Waals surface area (Å²) < 4.78 is 0. The van der Waals surface area contributed by atoms with Gasteiger partial charge in [-0.3, -0.25) is 4.79 Å². The van der Waals surface area contributed by atoms with Crippen molar-refractivity contribution in [1.29, 1.82) is 0 Å². The van der Waals surface area contributed by atoms with Crippen LogP contribution in [0.5, 0.6) is 0 Å². The maximum absolute atomic E-state index is 12.0. The quantitative estimate of drug-likeness (QED) is 0.546. The minimum atomic E-state index is -0.0950. The third-order valence-corrected chi connectivity index (χ3v) is 4.98. The van der Waals surface area contributed by atoms with Crippen LogP contribution in [-0.4, -0.2) is 43.7 Å². The molecule has 1 saturated carbocycles. The van der Waals surface area contributed by atoms with Crippen molar-refractivity contribution in [1.82, 2.24) is 21.3 Å². The maximum Gasteiger partial charge on any atom is 0.315 e. The Hall–Kier alpha value is -1.01. The van der Waals surface area contributed by atoms with Crippen LogP contribution >= 0.6 is 12.4 Å². The Bertz CT molecular complexity index is 389. The highest BCUT2D eigenvalue weighted by atomic mass is 35.5. The summed E-state index contributed by atoms with van der Waals surface area (Å²) in [5, 5.41) is 12.3. The Kier molecular flexibility index (Phi) is 10.1. The SMILES string of the molecule is CC1CCNCC1NC(=O)CCCNC(=O)NC1CCCCC1.Cl. The number of carbonyl (C=O) groups excluding carboxylic acids is 2. The molecule has 2 unspecified atom stereocenters. The van der Waals surface area contributed by atoms with Crippen LogP contribution in [0.25, 0.3) is 0 Å². The summed E-state index contributed by atoms with van der Waals surface area (Å²) in [5.41, 5.74) is 0. The van der Waals surface area contributed by atoms with E-state index in [0.29, 0.717) is 31.3 Å². The van der Waals surface area contributed by atoms with E-state index in [4.69, 9.17) is 0 Å². The summed E-state index contributed by atoms with van der Waals surface area (Å²) in [5.74, 6) is 0.611. The minimum absolute atomic E-state index is 0. The number of hydrogen-bond acceptors (Lipinski definition) is 3. The normalized spacial score (nSPS) is 24.5. The van der Waals surface area contributed by atoms with Gasteiger partial charge in [-0.15, -0.1) is 12.4 Å². The molecule has 0 bridgehead atoms. The molecule has 24 heavy (non-hydrogen) atoms. The van der Waals surface area contributed by atoms with Crippen LogP contribution in [0.4, 0.5) is 4.79 Å². The number of nitrogens with one attached hydrogen (secondary N) is 4. The third-order valence-electron chi connectivity index (χ3n) is 4.98. The van der Waals surface area contributed by atoms with Crippen LogP contribution in [0.3, 0.4) is 0 Å². The van der Waals surface area contributed by atoms with Gasteiger partial charge in [-0.05, 0) is 38.1 Å². The first-order valence-corrected chi connectivity index (χ1v) is 9.19. The van der Waals surface area contributed by atoms with Gasteiger partial charge >= 0.3 is 6.03 Å². The topological polar surface area (TPSA) is 82.3 Å². The second-order valence-electron chi connectivity index (χ2n) is 6.98. The molecule has 2 fully saturated rings. The van der Waals surface area contributed by atoms with Gasteiger partial charge in [-0.25, -0.2) is 4.79 Å². The molecule has 1 heterocycles. The maximum atomic E-state index is 12.0. The molecule has 3 amide bonds.